The fourth-order valence-electron chi connectivity index (χ4n) is 4.77. The Kier molecular flexibility index (Phi) is 6.08. The standard InChI is InChI=1S/C25H24F3N7O3/c1-13-10-17(15(3)29-18-7-5-4-6-16(18)23(37)38)21-30-20(14(2)22(36)35(21)11-13)33-8-9-34-19(12-33)31-32-24(34)25(26,27)28/h4-7,10-11,15,29H,8-9,12H2,1-3H3,(H,37,38)/t15-/m1/s1. The van der Waals surface area contributed by atoms with Crippen LogP contribution in [0.4, 0.5) is 24.7 Å². The van der Waals surface area contributed by atoms with Crippen molar-refractivity contribution < 1.29 is 23.1 Å². The van der Waals surface area contributed by atoms with Gasteiger partial charge in [0.2, 0.25) is 5.82 Å². The van der Waals surface area contributed by atoms with E-state index in [4.69, 9.17) is 4.98 Å². The fraction of sp³-hybridized carbons (Fsp3) is 0.320. The first-order valence-electron chi connectivity index (χ1n) is 11.8. The fourth-order valence-corrected chi connectivity index (χ4v) is 4.77. The number of para-hydroxylation sites is 1. The molecule has 198 valence electrons. The molecule has 3 aromatic heterocycles. The molecule has 4 aromatic rings. The summed E-state index contributed by atoms with van der Waals surface area (Å²) in [7, 11) is 0. The Morgan fingerprint density at radius 1 is 1.16 bits per heavy atom. The number of aryl methyl sites for hydroxylation is 1. The SMILES string of the molecule is Cc1cc([C@@H](C)Nc2ccccc2C(=O)O)c2nc(N3CCn4c(nnc4C(F)(F)F)C3)c(C)c(=O)n2c1. The molecule has 10 nitrogen and oxygen atoms in total. The van der Waals surface area contributed by atoms with E-state index in [0.717, 1.165) is 10.1 Å². The Hall–Kier alpha value is -4.42. The van der Waals surface area contributed by atoms with Crippen LogP contribution in [0.3, 0.4) is 0 Å². The molecule has 0 amide bonds. The number of nitrogens with one attached hydrogen (secondary N) is 1. The van der Waals surface area contributed by atoms with Crippen molar-refractivity contribution in [3.8, 4) is 0 Å². The first-order valence-corrected chi connectivity index (χ1v) is 11.8. The van der Waals surface area contributed by atoms with Gasteiger partial charge in [0.1, 0.15) is 11.5 Å². The van der Waals surface area contributed by atoms with Gasteiger partial charge in [-0.05, 0) is 44.5 Å². The number of hydrogen-bond donors (Lipinski definition) is 2. The maximum atomic E-state index is 13.4. The lowest BCUT2D eigenvalue weighted by atomic mass is 10.1. The lowest BCUT2D eigenvalue weighted by Gasteiger charge is -2.30. The normalized spacial score (nSPS) is 14.4. The summed E-state index contributed by atoms with van der Waals surface area (Å²) in [6, 6.07) is 7.94. The zero-order valence-electron chi connectivity index (χ0n) is 20.7. The number of anilines is 2. The van der Waals surface area contributed by atoms with Crippen molar-refractivity contribution in [1.82, 2.24) is 24.1 Å². The number of aromatic carboxylic acids is 1. The maximum absolute atomic E-state index is 13.4. The van der Waals surface area contributed by atoms with Gasteiger partial charge in [-0.3, -0.25) is 9.20 Å². The average molecular weight is 528 g/mol. The number of carboxylic acid groups (broad SMARTS) is 1. The van der Waals surface area contributed by atoms with E-state index in [0.29, 0.717) is 28.3 Å². The second kappa shape index (κ2) is 9.15. The number of rotatable bonds is 5. The second-order valence-electron chi connectivity index (χ2n) is 9.26. The van der Waals surface area contributed by atoms with Crippen LogP contribution in [0.15, 0.2) is 41.3 Å². The number of carbonyl (C=O) groups is 1. The molecular weight excluding hydrogens is 503 g/mol. The molecule has 0 bridgehead atoms. The van der Waals surface area contributed by atoms with Gasteiger partial charge < -0.3 is 19.9 Å². The van der Waals surface area contributed by atoms with Crippen molar-refractivity contribution in [2.45, 2.75) is 46.1 Å². The predicted octanol–water partition coefficient (Wildman–Crippen LogP) is 3.81. The summed E-state index contributed by atoms with van der Waals surface area (Å²) in [6.45, 7) is 5.48. The van der Waals surface area contributed by atoms with E-state index in [9.17, 15) is 27.9 Å². The lowest BCUT2D eigenvalue weighted by Crippen LogP contribution is -2.37. The van der Waals surface area contributed by atoms with Crippen LogP contribution in [0, 0.1) is 13.8 Å². The van der Waals surface area contributed by atoms with Crippen molar-refractivity contribution in [3.63, 3.8) is 0 Å². The van der Waals surface area contributed by atoms with Crippen LogP contribution in [-0.2, 0) is 19.3 Å². The monoisotopic (exact) mass is 527 g/mol. The van der Waals surface area contributed by atoms with Gasteiger partial charge in [-0.25, -0.2) is 9.78 Å². The quantitative estimate of drug-likeness (QED) is 0.402. The predicted molar refractivity (Wildman–Crippen MR) is 132 cm³/mol. The number of aromatic nitrogens is 5. The topological polar surface area (TPSA) is 118 Å². The smallest absolute Gasteiger partial charge is 0.451 e. The highest BCUT2D eigenvalue weighted by atomic mass is 19.4. The van der Waals surface area contributed by atoms with Crippen LogP contribution in [0.25, 0.3) is 5.65 Å². The molecule has 1 aromatic carbocycles. The Morgan fingerprint density at radius 3 is 2.61 bits per heavy atom. The minimum absolute atomic E-state index is 0.00746. The number of nitrogens with zero attached hydrogens (tertiary/aromatic N) is 6. The second-order valence-corrected chi connectivity index (χ2v) is 9.26. The Morgan fingerprint density at radius 2 is 1.89 bits per heavy atom. The Balaban J connectivity index is 1.57. The van der Waals surface area contributed by atoms with Crippen LogP contribution < -0.4 is 15.8 Å². The maximum Gasteiger partial charge on any atom is 0.451 e. The molecule has 2 N–H and O–H groups in total. The number of halogens is 3. The third kappa shape index (κ3) is 4.33. The number of hydrogen-bond acceptors (Lipinski definition) is 7. The van der Waals surface area contributed by atoms with E-state index in [1.54, 1.807) is 36.2 Å². The number of pyridine rings is 1. The molecule has 0 radical (unpaired) electrons. The molecular formula is C25H24F3N7O3. The molecule has 1 atom stereocenters. The summed E-state index contributed by atoms with van der Waals surface area (Å²) < 4.78 is 42.3. The van der Waals surface area contributed by atoms with Gasteiger partial charge in [-0.1, -0.05) is 12.1 Å². The summed E-state index contributed by atoms with van der Waals surface area (Å²) in [6.07, 6.45) is -2.94. The summed E-state index contributed by atoms with van der Waals surface area (Å²) >= 11 is 0. The van der Waals surface area contributed by atoms with Crippen LogP contribution >= 0.6 is 0 Å². The minimum atomic E-state index is -4.61. The number of alkyl halides is 3. The van der Waals surface area contributed by atoms with E-state index in [2.05, 4.69) is 15.5 Å². The van der Waals surface area contributed by atoms with Crippen molar-refractivity contribution in [2.24, 2.45) is 0 Å². The Bertz CT molecular complexity index is 1630. The largest absolute Gasteiger partial charge is 0.478 e. The molecule has 4 heterocycles. The van der Waals surface area contributed by atoms with Crippen LogP contribution in [0.5, 0.6) is 0 Å². The zero-order valence-corrected chi connectivity index (χ0v) is 20.7. The minimum Gasteiger partial charge on any atom is -0.478 e. The molecule has 0 spiro atoms. The lowest BCUT2D eigenvalue weighted by molar-refractivity contribution is -0.147. The van der Waals surface area contributed by atoms with Crippen molar-refractivity contribution in [2.75, 3.05) is 16.8 Å². The van der Waals surface area contributed by atoms with Gasteiger partial charge in [0.15, 0.2) is 5.82 Å². The van der Waals surface area contributed by atoms with Gasteiger partial charge >= 0.3 is 12.1 Å². The highest BCUT2D eigenvalue weighted by Crippen LogP contribution is 2.31. The molecule has 1 aliphatic rings. The van der Waals surface area contributed by atoms with Gasteiger partial charge in [-0.15, -0.1) is 10.2 Å². The number of carboxylic acids is 1. The first-order chi connectivity index (χ1) is 18.0. The molecule has 13 heteroatoms. The molecule has 5 rings (SSSR count). The highest BCUT2D eigenvalue weighted by molar-refractivity contribution is 5.94. The molecule has 0 saturated heterocycles. The van der Waals surface area contributed by atoms with Gasteiger partial charge in [0.25, 0.3) is 5.56 Å². The first kappa shape index (κ1) is 25.2. The van der Waals surface area contributed by atoms with Crippen molar-refractivity contribution in [1.29, 1.82) is 0 Å². The van der Waals surface area contributed by atoms with Crippen molar-refractivity contribution in [3.05, 3.63) is 80.8 Å². The van der Waals surface area contributed by atoms with E-state index in [1.165, 1.54) is 10.5 Å². The zero-order chi connectivity index (χ0) is 27.4. The van der Waals surface area contributed by atoms with E-state index < -0.39 is 24.0 Å². The van der Waals surface area contributed by atoms with Crippen molar-refractivity contribution >= 4 is 23.1 Å². The van der Waals surface area contributed by atoms with Gasteiger partial charge in [0, 0.05) is 30.5 Å². The van der Waals surface area contributed by atoms with E-state index in [-0.39, 0.29) is 36.6 Å². The van der Waals surface area contributed by atoms with Crippen LogP contribution in [0.1, 0.15) is 51.7 Å². The summed E-state index contributed by atoms with van der Waals surface area (Å²) in [5.74, 6) is -1.64. The number of fused-ring (bicyclic) bond motifs is 2. The molecule has 0 fully saturated rings. The molecule has 0 saturated carbocycles. The summed E-state index contributed by atoms with van der Waals surface area (Å²) in [5.41, 5.74) is 2.37. The van der Waals surface area contributed by atoms with Crippen LogP contribution in [0.2, 0.25) is 0 Å². The average Bonchev–Trinajstić information content (AvgIpc) is 3.30. The van der Waals surface area contributed by atoms with Gasteiger partial charge in [0.05, 0.1) is 23.7 Å². The number of benzene rings is 1. The summed E-state index contributed by atoms with van der Waals surface area (Å²) in [4.78, 5) is 31.6. The highest BCUT2D eigenvalue weighted by Gasteiger charge is 2.39. The van der Waals surface area contributed by atoms with Gasteiger partial charge in [-0.2, -0.15) is 13.2 Å². The Labute approximate surface area is 214 Å². The molecule has 1 aliphatic heterocycles. The van der Waals surface area contributed by atoms with Crippen LogP contribution in [-0.4, -0.2) is 41.8 Å². The van der Waals surface area contributed by atoms with E-state index in [1.807, 2.05) is 19.9 Å². The van der Waals surface area contributed by atoms with E-state index >= 15 is 0 Å². The summed E-state index contributed by atoms with van der Waals surface area (Å²) in [5, 5.41) is 19.8. The molecule has 0 aliphatic carbocycles. The third-order valence-electron chi connectivity index (χ3n) is 6.59. The molecule has 0 unspecified atom stereocenters. The third-order valence-corrected chi connectivity index (χ3v) is 6.59. The molecule has 38 heavy (non-hydrogen) atoms.